The van der Waals surface area contributed by atoms with Crippen LogP contribution in [-0.4, -0.2) is 129 Å². The van der Waals surface area contributed by atoms with Gasteiger partial charge in [0.05, 0.1) is 6.04 Å². The Morgan fingerprint density at radius 1 is 0.804 bits per heavy atom. The van der Waals surface area contributed by atoms with Crippen molar-refractivity contribution in [1.82, 2.24) is 26.2 Å². The van der Waals surface area contributed by atoms with Crippen molar-refractivity contribution < 1.29 is 53.7 Å². The first-order chi connectivity index (χ1) is 24.1. The third kappa shape index (κ3) is 15.9. The molecule has 7 atom stereocenters. The summed E-state index contributed by atoms with van der Waals surface area (Å²) in [5, 5.41) is 38.0. The van der Waals surface area contributed by atoms with Crippen molar-refractivity contribution in [3.05, 3.63) is 0 Å². The van der Waals surface area contributed by atoms with Crippen molar-refractivity contribution >= 4 is 59.2 Å². The Labute approximate surface area is 301 Å². The number of nitrogens with zero attached hydrogens (tertiary/aromatic N) is 1. The van der Waals surface area contributed by atoms with Crippen molar-refractivity contribution in [3.8, 4) is 0 Å². The minimum absolute atomic E-state index is 0.114. The summed E-state index contributed by atoms with van der Waals surface area (Å²) < 4.78 is 0. The van der Waals surface area contributed by atoms with Gasteiger partial charge in [0.1, 0.15) is 30.2 Å². The third-order valence-electron chi connectivity index (χ3n) is 8.71. The number of carbonyl (C=O) groups is 8. The molecule has 0 aromatic heterocycles. The van der Waals surface area contributed by atoms with Gasteiger partial charge in [0.25, 0.3) is 0 Å². The Balaban J connectivity index is 3.19. The lowest BCUT2D eigenvalue weighted by atomic mass is 9.98. The van der Waals surface area contributed by atoms with Gasteiger partial charge in [-0.1, -0.05) is 20.3 Å². The molecule has 5 amide bonds. The van der Waals surface area contributed by atoms with Crippen LogP contribution in [0.5, 0.6) is 0 Å². The van der Waals surface area contributed by atoms with Crippen LogP contribution in [-0.2, 0) is 38.4 Å². The number of likely N-dealkylation sites (tertiary alicyclic amines) is 1. The van der Waals surface area contributed by atoms with Gasteiger partial charge >= 0.3 is 17.9 Å². The van der Waals surface area contributed by atoms with Gasteiger partial charge in [0.15, 0.2) is 0 Å². The highest BCUT2D eigenvalue weighted by Crippen LogP contribution is 2.21. The summed E-state index contributed by atoms with van der Waals surface area (Å²) in [7, 11) is 0. The fourth-order valence-electron chi connectivity index (χ4n) is 5.46. The first-order valence-corrected chi connectivity index (χ1v) is 18.6. The zero-order chi connectivity index (χ0) is 38.7. The first kappa shape index (κ1) is 45.1. The molecule has 0 saturated carbocycles. The van der Waals surface area contributed by atoms with Crippen molar-refractivity contribution in [2.45, 2.75) is 121 Å². The number of unbranched alkanes of at least 4 members (excludes halogenated alkanes) is 1. The van der Waals surface area contributed by atoms with E-state index in [-0.39, 0.29) is 45.1 Å². The molecule has 0 unspecified atom stereocenters. The lowest BCUT2D eigenvalue weighted by molar-refractivity contribution is -0.144. The number of carboxylic acid groups (broad SMARTS) is 3. The van der Waals surface area contributed by atoms with Crippen molar-refractivity contribution in [2.24, 2.45) is 17.4 Å². The quantitative estimate of drug-likeness (QED) is 0.0506. The molecule has 11 N–H and O–H groups in total. The number of aliphatic carboxylic acids is 3. The monoisotopic (exact) mass is 745 g/mol. The Bertz CT molecular complexity index is 1220. The van der Waals surface area contributed by atoms with Crippen LogP contribution < -0.4 is 32.7 Å². The maximum Gasteiger partial charge on any atom is 0.326 e. The molecule has 290 valence electrons. The van der Waals surface area contributed by atoms with Gasteiger partial charge in [-0.2, -0.15) is 11.8 Å². The molecule has 1 aliphatic rings. The average molecular weight is 746 g/mol. The Morgan fingerprint density at radius 3 is 1.96 bits per heavy atom. The largest absolute Gasteiger partial charge is 0.481 e. The molecule has 0 aromatic carbocycles. The van der Waals surface area contributed by atoms with Crippen LogP contribution in [0.1, 0.15) is 84.5 Å². The van der Waals surface area contributed by atoms with Crippen LogP contribution in [0.4, 0.5) is 0 Å². The fraction of sp³-hybridized carbons (Fsp3) is 0.750. The van der Waals surface area contributed by atoms with E-state index in [9.17, 15) is 48.6 Å². The standard InChI is InChI=1S/C32H55N7O11S/c1-4-18(2)26(32(49)50)38-29(46)20(11-13-25(42)43)35-28(45)21(14-17-51-3)36-30(47)23-9-7-16-39(23)31(48)22(8-5-6-15-33)37-27(44)19(34)10-12-24(40)41/h18-23,26H,4-17,33-34H2,1-3H3,(H,35,45)(H,36,47)(H,37,44)(H,38,46)(H,40,41)(H,42,43)(H,49,50)/t18-,19-,20-,21-,22-,23-,26-/m0/s1. The van der Waals surface area contributed by atoms with E-state index in [2.05, 4.69) is 21.3 Å². The van der Waals surface area contributed by atoms with Crippen LogP contribution in [0.15, 0.2) is 0 Å². The second kappa shape index (κ2) is 23.5. The van der Waals surface area contributed by atoms with Gasteiger partial charge in [-0.25, -0.2) is 4.79 Å². The van der Waals surface area contributed by atoms with Gasteiger partial charge in [-0.15, -0.1) is 0 Å². The molecule has 0 bridgehead atoms. The highest BCUT2D eigenvalue weighted by atomic mass is 32.2. The zero-order valence-electron chi connectivity index (χ0n) is 29.6. The molecule has 0 aliphatic carbocycles. The molecule has 51 heavy (non-hydrogen) atoms. The normalized spacial score (nSPS) is 17.6. The van der Waals surface area contributed by atoms with E-state index in [4.69, 9.17) is 16.6 Å². The second-order valence-electron chi connectivity index (χ2n) is 12.6. The van der Waals surface area contributed by atoms with Crippen LogP contribution in [0, 0.1) is 5.92 Å². The van der Waals surface area contributed by atoms with E-state index >= 15 is 0 Å². The maximum atomic E-state index is 13.8. The molecule has 19 heteroatoms. The van der Waals surface area contributed by atoms with Crippen LogP contribution in [0.25, 0.3) is 0 Å². The number of carbonyl (C=O) groups excluding carboxylic acids is 5. The van der Waals surface area contributed by atoms with E-state index in [1.54, 1.807) is 20.1 Å². The average Bonchev–Trinajstić information content (AvgIpc) is 3.58. The van der Waals surface area contributed by atoms with Gasteiger partial charge in [-0.05, 0) is 75.8 Å². The Morgan fingerprint density at radius 2 is 1.39 bits per heavy atom. The number of amides is 5. The fourth-order valence-corrected chi connectivity index (χ4v) is 5.93. The van der Waals surface area contributed by atoms with Crippen LogP contribution >= 0.6 is 11.8 Å². The third-order valence-corrected chi connectivity index (χ3v) is 9.35. The van der Waals surface area contributed by atoms with Gasteiger partial charge in [-0.3, -0.25) is 33.6 Å². The molecule has 18 nitrogen and oxygen atoms in total. The predicted molar refractivity (Wildman–Crippen MR) is 187 cm³/mol. The zero-order valence-corrected chi connectivity index (χ0v) is 30.4. The van der Waals surface area contributed by atoms with Crippen LogP contribution in [0.3, 0.4) is 0 Å². The van der Waals surface area contributed by atoms with E-state index in [1.165, 1.54) is 16.7 Å². The van der Waals surface area contributed by atoms with E-state index < -0.39 is 96.0 Å². The Kier molecular flexibility index (Phi) is 20.8. The number of hydrogen-bond donors (Lipinski definition) is 9. The van der Waals surface area contributed by atoms with E-state index in [0.29, 0.717) is 38.0 Å². The molecule has 0 aromatic rings. The summed E-state index contributed by atoms with van der Waals surface area (Å²) in [5.74, 6) is -7.30. The minimum Gasteiger partial charge on any atom is -0.481 e. The number of rotatable bonds is 25. The van der Waals surface area contributed by atoms with Crippen molar-refractivity contribution in [3.63, 3.8) is 0 Å². The molecule has 1 heterocycles. The summed E-state index contributed by atoms with van der Waals surface area (Å²) >= 11 is 1.39. The number of thioether (sulfide) groups is 1. The smallest absolute Gasteiger partial charge is 0.326 e. The highest BCUT2D eigenvalue weighted by Gasteiger charge is 2.39. The molecule has 0 spiro atoms. The van der Waals surface area contributed by atoms with Crippen molar-refractivity contribution in [1.29, 1.82) is 0 Å². The lowest BCUT2D eigenvalue weighted by Gasteiger charge is -2.30. The number of hydrogen-bond acceptors (Lipinski definition) is 11. The molecular formula is C32H55N7O11S. The highest BCUT2D eigenvalue weighted by molar-refractivity contribution is 7.98. The lowest BCUT2D eigenvalue weighted by Crippen LogP contribution is -2.59. The number of nitrogens with two attached hydrogens (primary N) is 2. The van der Waals surface area contributed by atoms with Crippen molar-refractivity contribution in [2.75, 3.05) is 25.1 Å². The molecule has 1 rings (SSSR count). The van der Waals surface area contributed by atoms with Gasteiger partial charge < -0.3 is 53.0 Å². The number of carboxylic acids is 3. The molecule has 0 radical (unpaired) electrons. The first-order valence-electron chi connectivity index (χ1n) is 17.2. The molecule has 1 aliphatic heterocycles. The SMILES string of the molecule is CC[C@H](C)[C@H](NC(=O)[C@H](CCC(=O)O)NC(=O)[C@H](CCSC)NC(=O)[C@@H]1CCCN1C(=O)[C@H](CCCCN)NC(=O)[C@@H](N)CCC(=O)O)C(=O)O. The molecular weight excluding hydrogens is 690 g/mol. The summed E-state index contributed by atoms with van der Waals surface area (Å²) in [5.41, 5.74) is 11.5. The predicted octanol–water partition coefficient (Wildman–Crippen LogP) is -1.01. The topological polar surface area (TPSA) is 301 Å². The molecule has 1 fully saturated rings. The summed E-state index contributed by atoms with van der Waals surface area (Å²) in [6.07, 6.45) is 2.91. The van der Waals surface area contributed by atoms with Gasteiger partial charge in [0, 0.05) is 19.4 Å². The van der Waals surface area contributed by atoms with E-state index in [0.717, 1.165) is 0 Å². The van der Waals surface area contributed by atoms with E-state index in [1.807, 2.05) is 0 Å². The number of nitrogens with one attached hydrogen (secondary N) is 4. The summed E-state index contributed by atoms with van der Waals surface area (Å²) in [6.45, 7) is 3.90. The maximum absolute atomic E-state index is 13.8. The molecule has 1 saturated heterocycles. The Hall–Kier alpha value is -3.97. The second-order valence-corrected chi connectivity index (χ2v) is 13.6. The van der Waals surface area contributed by atoms with Gasteiger partial charge in [0.2, 0.25) is 29.5 Å². The van der Waals surface area contributed by atoms with Crippen LogP contribution in [0.2, 0.25) is 0 Å². The summed E-state index contributed by atoms with van der Waals surface area (Å²) in [6, 6.07) is -7.14. The minimum atomic E-state index is -1.42. The summed E-state index contributed by atoms with van der Waals surface area (Å²) in [4.78, 5) is 102.